The second kappa shape index (κ2) is 10.0. The fourth-order valence-electron chi connectivity index (χ4n) is 3.25. The van der Waals surface area contributed by atoms with Crippen LogP contribution >= 0.6 is 11.9 Å². The zero-order valence-electron chi connectivity index (χ0n) is 19.4. The van der Waals surface area contributed by atoms with E-state index < -0.39 is 21.0 Å². The van der Waals surface area contributed by atoms with Gasteiger partial charge in [0.15, 0.2) is 0 Å². The molecule has 11 heteroatoms. The van der Waals surface area contributed by atoms with Gasteiger partial charge in [-0.1, -0.05) is 24.3 Å². The molecule has 2 aliphatic rings. The number of amidine groups is 3. The molecule has 0 saturated heterocycles. The van der Waals surface area contributed by atoms with E-state index in [1.165, 1.54) is 19.9 Å². The first-order chi connectivity index (χ1) is 16.7. The highest BCUT2D eigenvalue weighted by Gasteiger charge is 2.43. The molecule has 0 atom stereocenters. The number of sulfone groups is 1. The Balaban J connectivity index is 1.42. The van der Waals surface area contributed by atoms with Gasteiger partial charge in [-0.15, -0.1) is 0 Å². The molecule has 4 rings (SSSR count). The summed E-state index contributed by atoms with van der Waals surface area (Å²) in [7, 11) is -3.76. The minimum Gasteiger partial charge on any atom is -0.490 e. The van der Waals surface area contributed by atoms with Crippen LogP contribution in [0.1, 0.15) is 25.0 Å². The molecular formula is C24H24N4O5S2. The van der Waals surface area contributed by atoms with Crippen LogP contribution in [0.3, 0.4) is 0 Å². The Labute approximate surface area is 208 Å². The number of aryl methyl sites for hydroxylation is 1. The number of amides is 1. The van der Waals surface area contributed by atoms with Gasteiger partial charge >= 0.3 is 0 Å². The zero-order valence-corrected chi connectivity index (χ0v) is 21.0. The van der Waals surface area contributed by atoms with Crippen LogP contribution in [0.5, 0.6) is 11.5 Å². The summed E-state index contributed by atoms with van der Waals surface area (Å²) in [5, 5.41) is 7.56. The molecule has 2 aromatic carbocycles. The van der Waals surface area contributed by atoms with Crippen LogP contribution in [0.25, 0.3) is 6.08 Å². The van der Waals surface area contributed by atoms with Crippen LogP contribution in [0.15, 0.2) is 63.5 Å². The Hall–Kier alpha value is -3.44. The highest BCUT2D eigenvalue weighted by Crippen LogP contribution is 2.31. The number of carbonyl (C=O) groups excluding carboxylic acids is 1. The van der Waals surface area contributed by atoms with Crippen molar-refractivity contribution >= 4 is 49.9 Å². The highest BCUT2D eigenvalue weighted by atomic mass is 32.2. The smallest absolute Gasteiger partial charge is 0.283 e. The number of carbonyl (C=O) groups is 1. The number of rotatable bonds is 7. The summed E-state index contributed by atoms with van der Waals surface area (Å²) in [6.45, 7) is 5.81. The van der Waals surface area contributed by atoms with E-state index in [-0.39, 0.29) is 21.7 Å². The van der Waals surface area contributed by atoms with Crippen LogP contribution < -0.4 is 9.47 Å². The molecule has 9 nitrogen and oxygen atoms in total. The third kappa shape index (κ3) is 5.30. The summed E-state index contributed by atoms with van der Waals surface area (Å²) in [6.07, 6.45) is 1.50. The molecule has 0 fully saturated rings. The van der Waals surface area contributed by atoms with E-state index in [1.807, 2.05) is 31.2 Å². The first-order valence-electron chi connectivity index (χ1n) is 10.8. The maximum Gasteiger partial charge on any atom is 0.283 e. The Morgan fingerprint density at radius 1 is 1.09 bits per heavy atom. The molecule has 0 spiro atoms. The van der Waals surface area contributed by atoms with Crippen molar-refractivity contribution in [3.63, 3.8) is 0 Å². The lowest BCUT2D eigenvalue weighted by Gasteiger charge is -2.25. The Kier molecular flexibility index (Phi) is 7.08. The van der Waals surface area contributed by atoms with E-state index >= 15 is 0 Å². The number of ether oxygens (including phenoxy) is 2. The number of aliphatic imine (C=N–C) groups is 1. The number of hydrogen-bond donors (Lipinski definition) is 1. The number of nitrogens with one attached hydrogen (secondary N) is 1. The maximum atomic E-state index is 12.7. The van der Waals surface area contributed by atoms with Crippen molar-refractivity contribution < 1.29 is 22.7 Å². The largest absolute Gasteiger partial charge is 0.490 e. The van der Waals surface area contributed by atoms with Crippen molar-refractivity contribution in [1.29, 1.82) is 5.41 Å². The Morgan fingerprint density at radius 2 is 1.77 bits per heavy atom. The minimum atomic E-state index is -3.76. The molecule has 1 amide bonds. The second-order valence-electron chi connectivity index (χ2n) is 8.08. The van der Waals surface area contributed by atoms with Gasteiger partial charge in [-0.25, -0.2) is 13.3 Å². The van der Waals surface area contributed by atoms with Gasteiger partial charge in [-0.05, 0) is 62.2 Å². The predicted octanol–water partition coefficient (Wildman–Crippen LogP) is 3.85. The first-order valence-corrected chi connectivity index (χ1v) is 13.1. The van der Waals surface area contributed by atoms with E-state index in [1.54, 1.807) is 24.3 Å². The van der Waals surface area contributed by atoms with Crippen LogP contribution in [0.4, 0.5) is 0 Å². The lowest BCUT2D eigenvalue weighted by Crippen LogP contribution is -2.46. The molecule has 0 radical (unpaired) electrons. The van der Waals surface area contributed by atoms with Crippen molar-refractivity contribution in [3.05, 3.63) is 65.2 Å². The highest BCUT2D eigenvalue weighted by molar-refractivity contribution is 8.16. The summed E-state index contributed by atoms with van der Waals surface area (Å²) < 4.78 is 40.7. The third-order valence-corrected chi connectivity index (χ3v) is 8.01. The molecule has 0 unspecified atom stereocenters. The van der Waals surface area contributed by atoms with E-state index in [0.717, 1.165) is 28.2 Å². The maximum absolute atomic E-state index is 12.7. The minimum absolute atomic E-state index is 0.0249. The summed E-state index contributed by atoms with van der Waals surface area (Å²) in [5.74, 6) is 0.507. The van der Waals surface area contributed by atoms with Gasteiger partial charge in [0, 0.05) is 0 Å². The average Bonchev–Trinajstić information content (AvgIpc) is 3.25. The summed E-state index contributed by atoms with van der Waals surface area (Å²) in [4.78, 5) is 17.6. The number of benzene rings is 2. The number of fused-ring (bicyclic) bond motifs is 1. The van der Waals surface area contributed by atoms with Crippen molar-refractivity contribution in [2.45, 2.75) is 26.0 Å². The Morgan fingerprint density at radius 3 is 2.43 bits per heavy atom. The van der Waals surface area contributed by atoms with Crippen LogP contribution in [-0.4, -0.2) is 53.9 Å². The molecule has 35 heavy (non-hydrogen) atoms. The summed E-state index contributed by atoms with van der Waals surface area (Å²) >= 11 is 0.774. The molecular weight excluding hydrogens is 488 g/mol. The second-order valence-corrected chi connectivity index (χ2v) is 11.2. The number of hydrogen-bond acceptors (Lipinski definition) is 8. The lowest BCUT2D eigenvalue weighted by molar-refractivity contribution is -0.114. The third-order valence-electron chi connectivity index (χ3n) is 5.17. The van der Waals surface area contributed by atoms with Gasteiger partial charge in [-0.2, -0.15) is 9.39 Å². The molecule has 0 bridgehead atoms. The monoisotopic (exact) mass is 512 g/mol. The molecule has 182 valence electrons. The van der Waals surface area contributed by atoms with E-state index in [2.05, 4.69) is 9.39 Å². The average molecular weight is 513 g/mol. The molecule has 1 N–H and O–H groups in total. The molecule has 2 heterocycles. The van der Waals surface area contributed by atoms with Crippen LogP contribution in [0, 0.1) is 12.3 Å². The van der Waals surface area contributed by atoms with Gasteiger partial charge in [0.2, 0.25) is 20.2 Å². The van der Waals surface area contributed by atoms with Gasteiger partial charge in [0.05, 0.1) is 22.8 Å². The van der Waals surface area contributed by atoms with E-state index in [9.17, 15) is 13.2 Å². The molecule has 0 aliphatic carbocycles. The fourth-order valence-corrected chi connectivity index (χ4v) is 5.31. The van der Waals surface area contributed by atoms with Gasteiger partial charge in [0.1, 0.15) is 30.5 Å². The quantitative estimate of drug-likeness (QED) is 0.340. The SMILES string of the molecule is Cc1cccc(OCCOc2ccc(/C=C3/C(=N)N4C(=NC3=O)SN=C4S(=O)(=O)C(C)C)cc2)c1. The van der Waals surface area contributed by atoms with Crippen molar-refractivity contribution in [3.8, 4) is 11.5 Å². The van der Waals surface area contributed by atoms with Crippen molar-refractivity contribution in [2.24, 2.45) is 9.39 Å². The number of nitrogens with zero attached hydrogens (tertiary/aromatic N) is 3. The lowest BCUT2D eigenvalue weighted by atomic mass is 10.1. The molecule has 2 aromatic rings. The Bertz CT molecular complexity index is 1360. The fraction of sp³-hybridized carbons (Fsp3) is 0.250. The van der Waals surface area contributed by atoms with Gasteiger partial charge in [-0.3, -0.25) is 10.2 Å². The molecule has 0 aromatic heterocycles. The molecule has 2 aliphatic heterocycles. The van der Waals surface area contributed by atoms with Crippen molar-refractivity contribution in [1.82, 2.24) is 4.90 Å². The standard InChI is InChI=1S/C24H24N4O5S2/c1-15(2)35(30,31)24-27-34-23-26-22(29)20(21(25)28(23)24)14-17-7-9-18(10-8-17)32-11-12-33-19-6-4-5-16(3)13-19/h4-10,13-15,25H,11-12H2,1-3H3/b20-14-,25-21?. The van der Waals surface area contributed by atoms with Gasteiger partial charge in [0.25, 0.3) is 5.91 Å². The topological polar surface area (TPSA) is 121 Å². The van der Waals surface area contributed by atoms with Crippen molar-refractivity contribution in [2.75, 3.05) is 13.2 Å². The summed E-state index contributed by atoms with van der Waals surface area (Å²) in [6, 6.07) is 14.7. The zero-order chi connectivity index (χ0) is 25.2. The van der Waals surface area contributed by atoms with E-state index in [4.69, 9.17) is 14.9 Å². The van der Waals surface area contributed by atoms with Gasteiger partial charge < -0.3 is 9.47 Å². The normalized spacial score (nSPS) is 16.9. The molecule has 0 saturated carbocycles. The van der Waals surface area contributed by atoms with Crippen LogP contribution in [0.2, 0.25) is 0 Å². The van der Waals surface area contributed by atoms with E-state index in [0.29, 0.717) is 24.5 Å². The first kappa shape index (κ1) is 24.7. The van der Waals surface area contributed by atoms with Crippen LogP contribution in [-0.2, 0) is 14.6 Å². The summed E-state index contributed by atoms with van der Waals surface area (Å²) in [5.41, 5.74) is 1.73. The predicted molar refractivity (Wildman–Crippen MR) is 138 cm³/mol.